The Bertz CT molecular complexity index is 416. The summed E-state index contributed by atoms with van der Waals surface area (Å²) in [6.45, 7) is 10.1. The molecule has 1 fully saturated rings. The second-order valence-corrected chi connectivity index (χ2v) is 4.51. The fourth-order valence-corrected chi connectivity index (χ4v) is 2.36. The number of aliphatic hydroxyl groups is 1. The first-order valence-electron chi connectivity index (χ1n) is 5.92. The first kappa shape index (κ1) is 12.9. The highest BCUT2D eigenvalue weighted by atomic mass is 16.7. The maximum Gasteiger partial charge on any atom is 0.345 e. The Morgan fingerprint density at radius 3 is 3.00 bits per heavy atom. The third-order valence-electron chi connectivity index (χ3n) is 3.23. The van der Waals surface area contributed by atoms with Gasteiger partial charge in [-0.05, 0) is 12.5 Å². The molecule has 2 bridgehead atoms. The van der Waals surface area contributed by atoms with Gasteiger partial charge in [-0.15, -0.1) is 6.58 Å². The lowest BCUT2D eigenvalue weighted by molar-refractivity contribution is -0.109. The normalized spacial score (nSPS) is 26.3. The van der Waals surface area contributed by atoms with E-state index in [0.717, 1.165) is 11.1 Å². The molecule has 2 heterocycles. The second kappa shape index (κ2) is 4.96. The molecule has 18 heavy (non-hydrogen) atoms. The Kier molecular flexibility index (Phi) is 3.54. The lowest BCUT2D eigenvalue weighted by atomic mass is 9.95. The van der Waals surface area contributed by atoms with Crippen LogP contribution in [0.2, 0.25) is 0 Å². The van der Waals surface area contributed by atoms with Crippen LogP contribution in [0.4, 0.5) is 4.79 Å². The van der Waals surface area contributed by atoms with E-state index in [1.165, 1.54) is 5.06 Å². The standard InChI is InChI=1S/C13H18N2O3/c1-4-5-18-15-12-7-14(13(15)17)10(8-16)6-11(12)9(2)3/h4,6,10,12,16H,1-2,5,7-8H2,3H3. The minimum Gasteiger partial charge on any atom is -0.394 e. The van der Waals surface area contributed by atoms with Crippen LogP contribution in [-0.2, 0) is 4.84 Å². The molecule has 0 radical (unpaired) electrons. The van der Waals surface area contributed by atoms with Crippen molar-refractivity contribution in [2.24, 2.45) is 0 Å². The quantitative estimate of drug-likeness (QED) is 0.743. The van der Waals surface area contributed by atoms with Crippen molar-refractivity contribution in [3.8, 4) is 0 Å². The summed E-state index contributed by atoms with van der Waals surface area (Å²) in [5.41, 5.74) is 1.85. The predicted octanol–water partition coefficient (Wildman–Crippen LogP) is 1.09. The summed E-state index contributed by atoms with van der Waals surface area (Å²) in [6.07, 6.45) is 3.49. The molecule has 5 nitrogen and oxygen atoms in total. The molecule has 0 aromatic rings. The van der Waals surface area contributed by atoms with E-state index in [2.05, 4.69) is 13.2 Å². The highest BCUT2D eigenvalue weighted by Crippen LogP contribution is 2.32. The van der Waals surface area contributed by atoms with Gasteiger partial charge in [0.2, 0.25) is 0 Å². The highest BCUT2D eigenvalue weighted by molar-refractivity contribution is 5.79. The minimum atomic E-state index is -0.294. The maximum absolute atomic E-state index is 12.1. The molecule has 98 valence electrons. The molecule has 0 aromatic carbocycles. The van der Waals surface area contributed by atoms with Crippen molar-refractivity contribution in [3.05, 3.63) is 36.5 Å². The van der Waals surface area contributed by atoms with Crippen molar-refractivity contribution in [2.45, 2.75) is 19.0 Å². The van der Waals surface area contributed by atoms with E-state index in [4.69, 9.17) is 4.84 Å². The number of aliphatic hydroxyl groups excluding tert-OH is 1. The molecule has 0 saturated carbocycles. The molecule has 2 amide bonds. The van der Waals surface area contributed by atoms with Crippen LogP contribution in [0.3, 0.4) is 0 Å². The average Bonchev–Trinajstić information content (AvgIpc) is 2.62. The van der Waals surface area contributed by atoms with E-state index in [9.17, 15) is 9.90 Å². The molecule has 2 unspecified atom stereocenters. The summed E-state index contributed by atoms with van der Waals surface area (Å²) in [4.78, 5) is 19.2. The van der Waals surface area contributed by atoms with E-state index in [1.807, 2.05) is 13.0 Å². The van der Waals surface area contributed by atoms with Crippen molar-refractivity contribution in [1.82, 2.24) is 9.96 Å². The zero-order valence-corrected chi connectivity index (χ0v) is 10.5. The summed E-state index contributed by atoms with van der Waals surface area (Å²) in [7, 11) is 0. The van der Waals surface area contributed by atoms with Gasteiger partial charge < -0.3 is 10.0 Å². The third-order valence-corrected chi connectivity index (χ3v) is 3.23. The Labute approximate surface area is 107 Å². The smallest absolute Gasteiger partial charge is 0.345 e. The molecular formula is C13H18N2O3. The number of urea groups is 1. The SMILES string of the molecule is C=CCON1C(=O)N2CC1C(C(=C)C)=CC2CO. The van der Waals surface area contributed by atoms with Gasteiger partial charge in [0.1, 0.15) is 6.04 Å². The van der Waals surface area contributed by atoms with Gasteiger partial charge in [0.05, 0.1) is 25.8 Å². The summed E-state index contributed by atoms with van der Waals surface area (Å²) in [5.74, 6) is 0. The van der Waals surface area contributed by atoms with Gasteiger partial charge in [-0.3, -0.25) is 4.84 Å². The Morgan fingerprint density at radius 2 is 2.44 bits per heavy atom. The number of amides is 2. The van der Waals surface area contributed by atoms with Gasteiger partial charge in [-0.2, -0.15) is 5.06 Å². The molecule has 2 aliphatic rings. The molecule has 5 heteroatoms. The Balaban J connectivity index is 2.29. The molecule has 1 saturated heterocycles. The molecule has 2 atom stereocenters. The minimum absolute atomic E-state index is 0.0927. The van der Waals surface area contributed by atoms with Crippen LogP contribution >= 0.6 is 0 Å². The predicted molar refractivity (Wildman–Crippen MR) is 67.6 cm³/mol. The van der Waals surface area contributed by atoms with Gasteiger partial charge in [0.25, 0.3) is 0 Å². The van der Waals surface area contributed by atoms with Crippen LogP contribution in [0.25, 0.3) is 0 Å². The Morgan fingerprint density at radius 1 is 1.72 bits per heavy atom. The topological polar surface area (TPSA) is 53.0 Å². The molecule has 0 aliphatic carbocycles. The molecule has 0 spiro atoms. The molecule has 2 rings (SSSR count). The van der Waals surface area contributed by atoms with Gasteiger partial charge in [0, 0.05) is 0 Å². The summed E-state index contributed by atoms with van der Waals surface area (Å²) in [6, 6.07) is -0.649. The van der Waals surface area contributed by atoms with Crippen LogP contribution in [0.5, 0.6) is 0 Å². The summed E-state index contributed by atoms with van der Waals surface area (Å²) in [5, 5.41) is 10.7. The molecular weight excluding hydrogens is 232 g/mol. The third kappa shape index (κ3) is 1.95. The van der Waals surface area contributed by atoms with E-state index < -0.39 is 0 Å². The number of hydroxylamine groups is 2. The number of hydrogen-bond acceptors (Lipinski definition) is 3. The number of hydrogen-bond donors (Lipinski definition) is 1. The fourth-order valence-electron chi connectivity index (χ4n) is 2.36. The number of nitrogens with zero attached hydrogens (tertiary/aromatic N) is 2. The van der Waals surface area contributed by atoms with Crippen LogP contribution in [-0.4, -0.2) is 52.9 Å². The highest BCUT2D eigenvalue weighted by Gasteiger charge is 2.46. The van der Waals surface area contributed by atoms with E-state index in [-0.39, 0.29) is 31.3 Å². The maximum atomic E-state index is 12.1. The summed E-state index contributed by atoms with van der Waals surface area (Å²) >= 11 is 0. The number of rotatable bonds is 5. The average molecular weight is 250 g/mol. The zero-order valence-electron chi connectivity index (χ0n) is 10.5. The number of fused-ring (bicyclic) bond motifs is 2. The van der Waals surface area contributed by atoms with Crippen molar-refractivity contribution in [3.63, 3.8) is 0 Å². The largest absolute Gasteiger partial charge is 0.394 e. The van der Waals surface area contributed by atoms with Crippen molar-refractivity contribution in [2.75, 3.05) is 19.8 Å². The van der Waals surface area contributed by atoms with E-state index in [1.54, 1.807) is 11.0 Å². The monoisotopic (exact) mass is 250 g/mol. The first-order valence-corrected chi connectivity index (χ1v) is 5.92. The first-order chi connectivity index (χ1) is 8.60. The van der Waals surface area contributed by atoms with Crippen molar-refractivity contribution >= 4 is 6.03 Å². The fraction of sp³-hybridized carbons (Fsp3) is 0.462. The van der Waals surface area contributed by atoms with Gasteiger partial charge >= 0.3 is 6.03 Å². The number of carbonyl (C=O) groups is 1. The molecule has 2 aliphatic heterocycles. The summed E-state index contributed by atoms with van der Waals surface area (Å²) < 4.78 is 0. The molecule has 1 N–H and O–H groups in total. The van der Waals surface area contributed by atoms with Crippen molar-refractivity contribution in [1.29, 1.82) is 0 Å². The Hall–Kier alpha value is -1.59. The van der Waals surface area contributed by atoms with Crippen LogP contribution in [0, 0.1) is 0 Å². The van der Waals surface area contributed by atoms with Crippen LogP contribution in [0.15, 0.2) is 36.5 Å². The van der Waals surface area contributed by atoms with E-state index >= 15 is 0 Å². The van der Waals surface area contributed by atoms with Crippen LogP contribution < -0.4 is 0 Å². The zero-order chi connectivity index (χ0) is 13.3. The van der Waals surface area contributed by atoms with Gasteiger partial charge in [0.15, 0.2) is 0 Å². The van der Waals surface area contributed by atoms with Gasteiger partial charge in [-0.25, -0.2) is 4.79 Å². The lowest BCUT2D eigenvalue weighted by Crippen LogP contribution is -2.41. The van der Waals surface area contributed by atoms with Crippen LogP contribution in [0.1, 0.15) is 6.92 Å². The molecule has 0 aromatic heterocycles. The van der Waals surface area contributed by atoms with Gasteiger partial charge in [-0.1, -0.05) is 24.3 Å². The second-order valence-electron chi connectivity index (χ2n) is 4.51. The lowest BCUT2D eigenvalue weighted by Gasteiger charge is -2.28. The number of carbonyl (C=O) groups excluding carboxylic acids is 1. The van der Waals surface area contributed by atoms with Crippen molar-refractivity contribution < 1.29 is 14.7 Å². The van der Waals surface area contributed by atoms with E-state index in [0.29, 0.717) is 6.54 Å².